The molecule has 2 aromatic carbocycles. The van der Waals surface area contributed by atoms with Crippen LogP contribution in [0.5, 0.6) is 0 Å². The van der Waals surface area contributed by atoms with Gasteiger partial charge in [0.1, 0.15) is 11.4 Å². The van der Waals surface area contributed by atoms with Crippen molar-refractivity contribution in [2.75, 3.05) is 26.3 Å². The standard InChI is InChI=1S/C24H19N3O3/c28-19-15-18(27-11-13-30-14-12-27)24(29)23-22(19)25-20(16-7-3-1-4-8-16)21(26-23)17-9-5-2-6-10-17/h1-10,15H,11-14H2. The molecule has 0 saturated carbocycles. The fourth-order valence-electron chi connectivity index (χ4n) is 3.78. The van der Waals surface area contributed by atoms with Gasteiger partial charge in [-0.15, -0.1) is 0 Å². The normalized spacial score (nSPS) is 16.3. The number of Topliss-reactive ketones (excluding diaryl/α,β-unsaturated/α-hetero) is 1. The summed E-state index contributed by atoms with van der Waals surface area (Å²) in [5.41, 5.74) is 3.45. The van der Waals surface area contributed by atoms with Gasteiger partial charge in [-0.25, -0.2) is 9.97 Å². The average molecular weight is 397 g/mol. The van der Waals surface area contributed by atoms with Gasteiger partial charge in [0.25, 0.3) is 0 Å². The molecule has 0 spiro atoms. The summed E-state index contributed by atoms with van der Waals surface area (Å²) in [6.45, 7) is 2.20. The smallest absolute Gasteiger partial charge is 0.229 e. The highest BCUT2D eigenvalue weighted by Gasteiger charge is 2.33. The van der Waals surface area contributed by atoms with Crippen LogP contribution in [0.3, 0.4) is 0 Å². The second kappa shape index (κ2) is 7.65. The molecular weight excluding hydrogens is 378 g/mol. The molecule has 30 heavy (non-hydrogen) atoms. The lowest BCUT2D eigenvalue weighted by atomic mass is 9.97. The number of aromatic nitrogens is 2. The van der Waals surface area contributed by atoms with Crippen molar-refractivity contribution >= 4 is 11.6 Å². The van der Waals surface area contributed by atoms with Gasteiger partial charge in [-0.2, -0.15) is 0 Å². The van der Waals surface area contributed by atoms with Crippen molar-refractivity contribution < 1.29 is 14.3 Å². The van der Waals surface area contributed by atoms with Crippen molar-refractivity contribution in [3.05, 3.63) is 83.8 Å². The lowest BCUT2D eigenvalue weighted by Crippen LogP contribution is -2.40. The van der Waals surface area contributed by atoms with Crippen LogP contribution in [0, 0.1) is 0 Å². The van der Waals surface area contributed by atoms with Crippen LogP contribution in [0.1, 0.15) is 21.0 Å². The maximum absolute atomic E-state index is 13.3. The number of hydrogen-bond acceptors (Lipinski definition) is 6. The summed E-state index contributed by atoms with van der Waals surface area (Å²) in [6, 6.07) is 19.2. The summed E-state index contributed by atoms with van der Waals surface area (Å²) in [7, 11) is 0. The van der Waals surface area contributed by atoms with Crippen molar-refractivity contribution in [3.8, 4) is 22.5 Å². The van der Waals surface area contributed by atoms with Crippen molar-refractivity contribution in [2.24, 2.45) is 0 Å². The van der Waals surface area contributed by atoms with E-state index < -0.39 is 0 Å². The number of benzene rings is 2. The maximum atomic E-state index is 13.3. The number of hydrogen-bond donors (Lipinski definition) is 0. The van der Waals surface area contributed by atoms with Crippen molar-refractivity contribution in [1.29, 1.82) is 0 Å². The van der Waals surface area contributed by atoms with Gasteiger partial charge in [0.15, 0.2) is 0 Å². The average Bonchev–Trinajstić information content (AvgIpc) is 2.82. The monoisotopic (exact) mass is 397 g/mol. The predicted octanol–water partition coefficient (Wildman–Crippen LogP) is 3.41. The molecule has 1 aromatic heterocycles. The highest BCUT2D eigenvalue weighted by Crippen LogP contribution is 2.32. The highest BCUT2D eigenvalue weighted by molar-refractivity contribution is 6.23. The van der Waals surface area contributed by atoms with E-state index in [9.17, 15) is 9.59 Å². The molecule has 0 atom stereocenters. The second-order valence-corrected chi connectivity index (χ2v) is 7.17. The summed E-state index contributed by atoms with van der Waals surface area (Å²) < 4.78 is 5.37. The molecule has 0 bridgehead atoms. The molecular formula is C24H19N3O3. The predicted molar refractivity (Wildman–Crippen MR) is 112 cm³/mol. The molecule has 1 fully saturated rings. The Morgan fingerprint density at radius 2 is 1.23 bits per heavy atom. The van der Waals surface area contributed by atoms with Crippen molar-refractivity contribution in [1.82, 2.24) is 14.9 Å². The van der Waals surface area contributed by atoms with Gasteiger partial charge in [-0.3, -0.25) is 9.59 Å². The van der Waals surface area contributed by atoms with Crippen LogP contribution in [-0.2, 0) is 4.74 Å². The van der Waals surface area contributed by atoms with Crippen LogP contribution in [-0.4, -0.2) is 52.7 Å². The van der Waals surface area contributed by atoms with Crippen LogP contribution in [0.4, 0.5) is 0 Å². The minimum absolute atomic E-state index is 0.107. The van der Waals surface area contributed by atoms with Gasteiger partial charge < -0.3 is 9.64 Å². The molecule has 0 unspecified atom stereocenters. The summed E-state index contributed by atoms with van der Waals surface area (Å²) in [5.74, 6) is -0.564. The zero-order valence-electron chi connectivity index (χ0n) is 16.2. The molecule has 1 saturated heterocycles. The summed E-state index contributed by atoms with van der Waals surface area (Å²) in [5, 5.41) is 0. The molecule has 1 aliphatic heterocycles. The van der Waals surface area contributed by atoms with Gasteiger partial charge in [0, 0.05) is 30.3 Å². The number of allylic oxidation sites excluding steroid dienone is 2. The quantitative estimate of drug-likeness (QED) is 0.675. The van der Waals surface area contributed by atoms with Crippen molar-refractivity contribution in [3.63, 3.8) is 0 Å². The topological polar surface area (TPSA) is 72.4 Å². The first-order chi connectivity index (χ1) is 14.7. The first-order valence-corrected chi connectivity index (χ1v) is 9.88. The van der Waals surface area contributed by atoms with Gasteiger partial charge in [-0.05, 0) is 0 Å². The van der Waals surface area contributed by atoms with Crippen LogP contribution < -0.4 is 0 Å². The van der Waals surface area contributed by atoms with E-state index in [4.69, 9.17) is 9.72 Å². The Bertz CT molecular complexity index is 1150. The summed E-state index contributed by atoms with van der Waals surface area (Å²) in [6.07, 6.45) is 1.39. The van der Waals surface area contributed by atoms with Gasteiger partial charge in [0.2, 0.25) is 11.6 Å². The Hall–Kier alpha value is -3.64. The van der Waals surface area contributed by atoms with E-state index in [0.29, 0.717) is 43.4 Å². The third kappa shape index (κ3) is 3.21. The molecule has 2 heterocycles. The number of morpholine rings is 1. The number of nitrogens with zero attached hydrogens (tertiary/aromatic N) is 3. The maximum Gasteiger partial charge on any atom is 0.229 e. The van der Waals surface area contributed by atoms with Crippen LogP contribution in [0.25, 0.3) is 22.5 Å². The second-order valence-electron chi connectivity index (χ2n) is 7.17. The molecule has 2 aliphatic rings. The molecule has 148 valence electrons. The van der Waals surface area contributed by atoms with E-state index in [1.165, 1.54) is 6.08 Å². The fraction of sp³-hybridized carbons (Fsp3) is 0.167. The van der Waals surface area contributed by atoms with Gasteiger partial charge >= 0.3 is 0 Å². The van der Waals surface area contributed by atoms with E-state index in [1.54, 1.807) is 0 Å². The van der Waals surface area contributed by atoms with Gasteiger partial charge in [-0.1, -0.05) is 60.7 Å². The van der Waals surface area contributed by atoms with Gasteiger partial charge in [0.05, 0.1) is 30.3 Å². The van der Waals surface area contributed by atoms with Crippen LogP contribution >= 0.6 is 0 Å². The number of carbonyl (C=O) groups is 2. The molecule has 0 radical (unpaired) electrons. The Kier molecular flexibility index (Phi) is 4.69. The van der Waals surface area contributed by atoms with E-state index in [2.05, 4.69) is 4.98 Å². The number of carbonyl (C=O) groups excluding carboxylic acids is 2. The Morgan fingerprint density at radius 3 is 1.80 bits per heavy atom. The summed E-state index contributed by atoms with van der Waals surface area (Å²) in [4.78, 5) is 37.5. The molecule has 6 heteroatoms. The molecule has 0 N–H and O–H groups in total. The Morgan fingerprint density at radius 1 is 0.700 bits per heavy atom. The first-order valence-electron chi connectivity index (χ1n) is 9.88. The minimum Gasteiger partial charge on any atom is -0.378 e. The zero-order valence-corrected chi connectivity index (χ0v) is 16.2. The first kappa shape index (κ1) is 18.4. The number of fused-ring (bicyclic) bond motifs is 1. The van der Waals surface area contributed by atoms with Crippen molar-refractivity contribution in [2.45, 2.75) is 0 Å². The number of ether oxygens (including phenoxy) is 1. The third-order valence-corrected chi connectivity index (χ3v) is 5.29. The van der Waals surface area contributed by atoms with E-state index >= 15 is 0 Å². The third-order valence-electron chi connectivity index (χ3n) is 5.29. The lowest BCUT2D eigenvalue weighted by molar-refractivity contribution is 0.0500. The molecule has 3 aromatic rings. The molecule has 6 nitrogen and oxygen atoms in total. The fourth-order valence-corrected chi connectivity index (χ4v) is 3.78. The largest absolute Gasteiger partial charge is 0.378 e. The Labute approximate surface area is 173 Å². The zero-order chi connectivity index (χ0) is 20.5. The number of rotatable bonds is 3. The molecule has 1 aliphatic carbocycles. The Balaban J connectivity index is 1.68. The molecule has 5 rings (SSSR count). The minimum atomic E-state index is -0.296. The van der Waals surface area contributed by atoms with E-state index in [-0.39, 0.29) is 23.0 Å². The summed E-state index contributed by atoms with van der Waals surface area (Å²) >= 11 is 0. The lowest BCUT2D eigenvalue weighted by Gasteiger charge is -2.31. The number of ketones is 2. The van der Waals surface area contributed by atoms with Crippen LogP contribution in [0.15, 0.2) is 72.4 Å². The van der Waals surface area contributed by atoms with E-state index in [1.807, 2.05) is 65.6 Å². The SMILES string of the molecule is O=C1C=C(N2CCOCC2)C(=O)c2nc(-c3ccccc3)c(-c3ccccc3)nc21. The molecule has 0 amide bonds. The highest BCUT2D eigenvalue weighted by atomic mass is 16.5. The van der Waals surface area contributed by atoms with Crippen LogP contribution in [0.2, 0.25) is 0 Å². The van der Waals surface area contributed by atoms with E-state index in [0.717, 1.165) is 11.1 Å².